The molecule has 2 aromatic rings. The summed E-state index contributed by atoms with van der Waals surface area (Å²) >= 11 is 7.68. The molecule has 0 radical (unpaired) electrons. The second kappa shape index (κ2) is 7.59. The third-order valence-electron chi connectivity index (χ3n) is 6.18. The molecule has 2 aromatic carbocycles. The van der Waals surface area contributed by atoms with Crippen molar-refractivity contribution >= 4 is 46.6 Å². The zero-order valence-corrected chi connectivity index (χ0v) is 18.5. The number of rotatable bonds is 3. The number of amides is 2. The Morgan fingerprint density at radius 2 is 1.83 bits per heavy atom. The molecule has 30 heavy (non-hydrogen) atoms. The van der Waals surface area contributed by atoms with Gasteiger partial charge in [0, 0.05) is 16.3 Å². The summed E-state index contributed by atoms with van der Waals surface area (Å²) in [5.74, 6) is -0.109. The zero-order valence-electron chi connectivity index (χ0n) is 16.9. The highest BCUT2D eigenvalue weighted by Gasteiger charge is 2.63. The number of nitrogens with zero attached hydrogens (tertiary/aromatic N) is 3. The zero-order chi connectivity index (χ0) is 20.9. The molecule has 3 aliphatic rings. The molecule has 3 heterocycles. The molecule has 0 bridgehead atoms. The van der Waals surface area contributed by atoms with Crippen molar-refractivity contribution in [1.29, 1.82) is 0 Å². The van der Waals surface area contributed by atoms with Crippen LogP contribution < -0.4 is 9.80 Å². The summed E-state index contributed by atoms with van der Waals surface area (Å²) in [6.07, 6.45) is 3.57. The molecular formula is C23H24ClN3O2S. The Bertz CT molecular complexity index is 1010. The lowest BCUT2D eigenvalue weighted by atomic mass is 10.0. The van der Waals surface area contributed by atoms with Gasteiger partial charge in [-0.15, -0.1) is 11.8 Å². The van der Waals surface area contributed by atoms with Crippen LogP contribution in [-0.2, 0) is 14.5 Å². The van der Waals surface area contributed by atoms with Crippen LogP contribution in [0.15, 0.2) is 48.5 Å². The van der Waals surface area contributed by atoms with Gasteiger partial charge >= 0.3 is 0 Å². The highest BCUT2D eigenvalue weighted by molar-refractivity contribution is 8.03. The molecule has 5 nitrogen and oxygen atoms in total. The number of benzene rings is 2. The Kier molecular flexibility index (Phi) is 5.04. The van der Waals surface area contributed by atoms with Gasteiger partial charge in [-0.2, -0.15) is 0 Å². The minimum Gasteiger partial charge on any atom is -0.295 e. The SMILES string of the molecule is C[C@H]1S[C@@]2(C(=O)N(CN3CCCCC3)c3ccccc32)N(c2cccc(Cl)c2)C1=O. The van der Waals surface area contributed by atoms with Crippen LogP contribution in [0.3, 0.4) is 0 Å². The van der Waals surface area contributed by atoms with Crippen molar-refractivity contribution in [2.45, 2.75) is 36.3 Å². The van der Waals surface area contributed by atoms with Crippen LogP contribution in [0.2, 0.25) is 5.02 Å². The topological polar surface area (TPSA) is 43.9 Å². The quantitative estimate of drug-likeness (QED) is 0.705. The normalized spacial score (nSPS) is 26.7. The van der Waals surface area contributed by atoms with Gasteiger partial charge in [0.1, 0.15) is 0 Å². The minimum absolute atomic E-state index is 0.0445. The maximum atomic E-state index is 14.1. The van der Waals surface area contributed by atoms with Crippen molar-refractivity contribution in [1.82, 2.24) is 4.90 Å². The lowest BCUT2D eigenvalue weighted by Crippen LogP contribution is -2.52. The molecule has 7 heteroatoms. The summed E-state index contributed by atoms with van der Waals surface area (Å²) in [6.45, 7) is 4.44. The average molecular weight is 442 g/mol. The van der Waals surface area contributed by atoms with Crippen molar-refractivity contribution < 1.29 is 9.59 Å². The minimum atomic E-state index is -1.09. The molecule has 156 valence electrons. The van der Waals surface area contributed by atoms with E-state index in [0.29, 0.717) is 17.4 Å². The van der Waals surface area contributed by atoms with Gasteiger partial charge in [0.05, 0.1) is 17.6 Å². The summed E-state index contributed by atoms with van der Waals surface area (Å²) in [5, 5.41) is 0.222. The third kappa shape index (κ3) is 2.96. The van der Waals surface area contributed by atoms with E-state index in [-0.39, 0.29) is 17.1 Å². The monoisotopic (exact) mass is 441 g/mol. The van der Waals surface area contributed by atoms with E-state index >= 15 is 0 Å². The number of para-hydroxylation sites is 1. The van der Waals surface area contributed by atoms with E-state index in [1.807, 2.05) is 48.2 Å². The summed E-state index contributed by atoms with van der Waals surface area (Å²) < 4.78 is 0. The van der Waals surface area contributed by atoms with E-state index in [9.17, 15) is 9.59 Å². The van der Waals surface area contributed by atoms with Gasteiger partial charge in [-0.1, -0.05) is 42.3 Å². The van der Waals surface area contributed by atoms with E-state index in [1.165, 1.54) is 18.2 Å². The fraction of sp³-hybridized carbons (Fsp3) is 0.391. The van der Waals surface area contributed by atoms with Crippen LogP contribution in [0, 0.1) is 0 Å². The molecule has 1 spiro atoms. The fourth-order valence-corrected chi connectivity index (χ4v) is 6.51. The van der Waals surface area contributed by atoms with Crippen LogP contribution in [0.5, 0.6) is 0 Å². The summed E-state index contributed by atoms with van der Waals surface area (Å²) in [6, 6.07) is 15.1. The predicted octanol–water partition coefficient (Wildman–Crippen LogP) is 4.45. The Morgan fingerprint density at radius 1 is 1.07 bits per heavy atom. The molecule has 0 aliphatic carbocycles. The average Bonchev–Trinajstić information content (AvgIpc) is 3.15. The molecule has 0 N–H and O–H groups in total. The molecule has 2 saturated heterocycles. The first-order valence-electron chi connectivity index (χ1n) is 10.4. The second-order valence-corrected chi connectivity index (χ2v) is 10.1. The standard InChI is InChI=1S/C23H24ClN3O2S/c1-16-21(28)27(18-9-7-8-17(24)14-18)23(30-16)19-10-3-4-11-20(19)26(22(23)29)15-25-12-5-2-6-13-25/h3-4,7-11,14,16H,2,5-6,12-13,15H2,1H3/t16-,23+/m1/s1. The second-order valence-electron chi connectivity index (χ2n) is 8.13. The number of thioether (sulfide) groups is 1. The highest BCUT2D eigenvalue weighted by Crippen LogP contribution is 2.57. The largest absolute Gasteiger partial charge is 0.295 e. The number of halogens is 1. The van der Waals surface area contributed by atoms with Crippen LogP contribution in [0.1, 0.15) is 31.7 Å². The number of likely N-dealkylation sites (tertiary alicyclic amines) is 1. The molecule has 2 amide bonds. The number of piperidine rings is 1. The van der Waals surface area contributed by atoms with E-state index in [2.05, 4.69) is 4.90 Å². The molecule has 3 aliphatic heterocycles. The molecule has 2 atom stereocenters. The van der Waals surface area contributed by atoms with Gasteiger partial charge < -0.3 is 0 Å². The first-order valence-corrected chi connectivity index (χ1v) is 11.7. The molecule has 5 rings (SSSR count). The van der Waals surface area contributed by atoms with Gasteiger partial charge in [-0.25, -0.2) is 0 Å². The lowest BCUT2D eigenvalue weighted by molar-refractivity contribution is -0.124. The van der Waals surface area contributed by atoms with Gasteiger partial charge in [0.15, 0.2) is 0 Å². The first-order chi connectivity index (χ1) is 14.5. The van der Waals surface area contributed by atoms with Crippen molar-refractivity contribution in [3.8, 4) is 0 Å². The highest BCUT2D eigenvalue weighted by atomic mass is 35.5. The van der Waals surface area contributed by atoms with Crippen molar-refractivity contribution in [2.75, 3.05) is 29.6 Å². The Labute approximate surface area is 186 Å². The van der Waals surface area contributed by atoms with E-state index in [4.69, 9.17) is 11.6 Å². The van der Waals surface area contributed by atoms with Crippen molar-refractivity contribution in [2.24, 2.45) is 0 Å². The lowest BCUT2D eigenvalue weighted by Gasteiger charge is -2.35. The van der Waals surface area contributed by atoms with Gasteiger partial charge in [0.2, 0.25) is 10.8 Å². The molecule has 0 unspecified atom stereocenters. The van der Waals surface area contributed by atoms with Gasteiger partial charge in [-0.05, 0) is 57.1 Å². The molecular weight excluding hydrogens is 418 g/mol. The summed E-state index contributed by atoms with van der Waals surface area (Å²) in [7, 11) is 0. The number of carbonyl (C=O) groups excluding carboxylic acids is 2. The predicted molar refractivity (Wildman–Crippen MR) is 122 cm³/mol. The van der Waals surface area contributed by atoms with Crippen LogP contribution in [0.4, 0.5) is 11.4 Å². The smallest absolute Gasteiger partial charge is 0.269 e. The Morgan fingerprint density at radius 3 is 2.60 bits per heavy atom. The van der Waals surface area contributed by atoms with E-state index < -0.39 is 4.87 Å². The maximum absolute atomic E-state index is 14.1. The molecule has 0 saturated carbocycles. The van der Waals surface area contributed by atoms with Gasteiger partial charge in [-0.3, -0.25) is 24.3 Å². The fourth-order valence-electron chi connectivity index (χ4n) is 4.79. The molecule has 2 fully saturated rings. The first kappa shape index (κ1) is 19.9. The number of hydrogen-bond acceptors (Lipinski definition) is 4. The molecule has 0 aromatic heterocycles. The number of carbonyl (C=O) groups is 2. The van der Waals surface area contributed by atoms with E-state index in [1.54, 1.807) is 17.0 Å². The van der Waals surface area contributed by atoms with Crippen molar-refractivity contribution in [3.05, 3.63) is 59.1 Å². The van der Waals surface area contributed by atoms with Crippen LogP contribution >= 0.6 is 23.4 Å². The third-order valence-corrected chi connectivity index (χ3v) is 7.89. The Hall–Kier alpha value is -2.02. The van der Waals surface area contributed by atoms with Crippen LogP contribution in [-0.4, -0.2) is 41.7 Å². The number of fused-ring (bicyclic) bond motifs is 2. The Balaban J connectivity index is 1.62. The number of anilines is 2. The van der Waals surface area contributed by atoms with Gasteiger partial charge in [0.25, 0.3) is 5.91 Å². The number of hydrogen-bond donors (Lipinski definition) is 0. The van der Waals surface area contributed by atoms with Crippen molar-refractivity contribution in [3.63, 3.8) is 0 Å². The van der Waals surface area contributed by atoms with Crippen LogP contribution in [0.25, 0.3) is 0 Å². The van der Waals surface area contributed by atoms with E-state index in [0.717, 1.165) is 37.2 Å². The summed E-state index contributed by atoms with van der Waals surface area (Å²) in [4.78, 5) is 32.2. The summed E-state index contributed by atoms with van der Waals surface area (Å²) in [5.41, 5.74) is 2.44. The maximum Gasteiger partial charge on any atom is 0.269 e.